The molecule has 1 aliphatic heterocycles. The molecule has 0 saturated carbocycles. The van der Waals surface area contributed by atoms with Crippen LogP contribution in [0.1, 0.15) is 49.3 Å². The van der Waals surface area contributed by atoms with Crippen molar-refractivity contribution < 1.29 is 24.2 Å². The highest BCUT2D eigenvalue weighted by atomic mass is 16.6. The molecule has 0 aromatic heterocycles. The molecule has 0 spiro atoms. The van der Waals surface area contributed by atoms with Crippen molar-refractivity contribution in [3.63, 3.8) is 0 Å². The number of aryl methyl sites for hydroxylation is 1. The second-order valence-corrected chi connectivity index (χ2v) is 8.32. The monoisotopic (exact) mass is 411 g/mol. The van der Waals surface area contributed by atoms with Crippen molar-refractivity contribution in [1.29, 1.82) is 0 Å². The number of benzene rings is 2. The van der Waals surface area contributed by atoms with Gasteiger partial charge in [-0.2, -0.15) is 0 Å². The molecule has 0 aliphatic carbocycles. The van der Waals surface area contributed by atoms with Crippen LogP contribution in [0.15, 0.2) is 48.5 Å². The third-order valence-electron chi connectivity index (χ3n) is 5.38. The van der Waals surface area contributed by atoms with Crippen LogP contribution in [0.3, 0.4) is 0 Å². The van der Waals surface area contributed by atoms with Gasteiger partial charge in [0, 0.05) is 19.0 Å². The number of piperidine rings is 1. The van der Waals surface area contributed by atoms with Crippen LogP contribution in [0.25, 0.3) is 0 Å². The van der Waals surface area contributed by atoms with E-state index >= 15 is 0 Å². The number of hydrogen-bond acceptors (Lipinski definition) is 4. The van der Waals surface area contributed by atoms with Crippen molar-refractivity contribution in [3.8, 4) is 5.75 Å². The summed E-state index contributed by atoms with van der Waals surface area (Å²) < 4.78 is 11.2. The smallest absolute Gasteiger partial charge is 0.410 e. The van der Waals surface area contributed by atoms with Crippen LogP contribution in [0.2, 0.25) is 0 Å². The summed E-state index contributed by atoms with van der Waals surface area (Å²) in [7, 11) is 0. The van der Waals surface area contributed by atoms with Crippen molar-refractivity contribution in [3.05, 3.63) is 65.2 Å². The van der Waals surface area contributed by atoms with E-state index in [4.69, 9.17) is 9.47 Å². The number of carboxylic acid groups (broad SMARTS) is 1. The van der Waals surface area contributed by atoms with E-state index in [1.54, 1.807) is 11.0 Å². The number of rotatable bonds is 6. The normalized spacial score (nSPS) is 16.8. The number of amides is 1. The van der Waals surface area contributed by atoms with E-state index in [1.807, 2.05) is 49.4 Å². The molecule has 1 amide bonds. The molecular formula is C24H29NO5. The molecule has 1 aliphatic rings. The van der Waals surface area contributed by atoms with Crippen molar-refractivity contribution in [2.75, 3.05) is 13.1 Å². The Labute approximate surface area is 177 Å². The molecule has 1 fully saturated rings. The summed E-state index contributed by atoms with van der Waals surface area (Å²) in [6.45, 7) is 6.56. The zero-order valence-electron chi connectivity index (χ0n) is 17.8. The van der Waals surface area contributed by atoms with Gasteiger partial charge >= 0.3 is 12.1 Å². The van der Waals surface area contributed by atoms with E-state index < -0.39 is 11.6 Å². The van der Waals surface area contributed by atoms with Crippen LogP contribution in [0.4, 0.5) is 4.79 Å². The highest BCUT2D eigenvalue weighted by Gasteiger charge is 2.30. The molecule has 2 aromatic rings. The van der Waals surface area contributed by atoms with Gasteiger partial charge in [0.2, 0.25) is 0 Å². The maximum Gasteiger partial charge on any atom is 0.410 e. The summed E-state index contributed by atoms with van der Waals surface area (Å²) in [4.78, 5) is 25.6. The van der Waals surface area contributed by atoms with Crippen LogP contribution in [0.5, 0.6) is 5.75 Å². The van der Waals surface area contributed by atoms with Crippen LogP contribution >= 0.6 is 0 Å². The van der Waals surface area contributed by atoms with Gasteiger partial charge in [-0.3, -0.25) is 0 Å². The molecule has 1 saturated heterocycles. The molecule has 1 atom stereocenters. The first-order chi connectivity index (χ1) is 14.2. The Hall–Kier alpha value is -3.02. The van der Waals surface area contributed by atoms with Crippen molar-refractivity contribution in [1.82, 2.24) is 4.90 Å². The Morgan fingerprint density at radius 1 is 1.17 bits per heavy atom. The van der Waals surface area contributed by atoms with E-state index in [1.165, 1.54) is 19.4 Å². The highest BCUT2D eigenvalue weighted by molar-refractivity contribution is 5.76. The number of carboxylic acids is 1. The average Bonchev–Trinajstić information content (AvgIpc) is 2.73. The molecular weight excluding hydrogens is 382 g/mol. The average molecular weight is 411 g/mol. The highest BCUT2D eigenvalue weighted by Crippen LogP contribution is 2.30. The van der Waals surface area contributed by atoms with Crippen molar-refractivity contribution >= 4 is 12.1 Å². The zero-order valence-corrected chi connectivity index (χ0v) is 17.8. The quantitative estimate of drug-likeness (QED) is 0.742. The predicted molar refractivity (Wildman–Crippen MR) is 114 cm³/mol. The number of hydrogen-bond donors (Lipinski definition) is 1. The lowest BCUT2D eigenvalue weighted by atomic mass is 9.90. The van der Waals surface area contributed by atoms with Crippen LogP contribution in [-0.4, -0.2) is 40.8 Å². The Balaban J connectivity index is 1.61. The second kappa shape index (κ2) is 9.20. The molecule has 0 radical (unpaired) electrons. The summed E-state index contributed by atoms with van der Waals surface area (Å²) in [5.41, 5.74) is 1.86. The van der Waals surface area contributed by atoms with Gasteiger partial charge in [-0.1, -0.05) is 42.0 Å². The van der Waals surface area contributed by atoms with Crippen molar-refractivity contribution in [2.45, 2.75) is 51.7 Å². The Morgan fingerprint density at radius 2 is 1.90 bits per heavy atom. The minimum Gasteiger partial charge on any atom is -0.478 e. The third-order valence-corrected chi connectivity index (χ3v) is 5.38. The molecule has 6 heteroatoms. The maximum absolute atomic E-state index is 12.6. The summed E-state index contributed by atoms with van der Waals surface area (Å²) in [6.07, 6.45) is 1.53. The minimum atomic E-state index is -1.31. The largest absolute Gasteiger partial charge is 0.478 e. The first-order valence-electron chi connectivity index (χ1n) is 10.2. The molecule has 6 nitrogen and oxygen atoms in total. The summed E-state index contributed by atoms with van der Waals surface area (Å²) >= 11 is 0. The Morgan fingerprint density at radius 3 is 2.60 bits per heavy atom. The Kier molecular flexibility index (Phi) is 6.65. The number of nitrogens with zero attached hydrogens (tertiary/aromatic N) is 1. The summed E-state index contributed by atoms with van der Waals surface area (Å²) in [6, 6.07) is 15.4. The van der Waals surface area contributed by atoms with Crippen LogP contribution in [0, 0.1) is 6.92 Å². The maximum atomic E-state index is 12.6. The lowest BCUT2D eigenvalue weighted by Gasteiger charge is -2.32. The van der Waals surface area contributed by atoms with E-state index in [0.717, 1.165) is 24.0 Å². The lowest BCUT2D eigenvalue weighted by Crippen LogP contribution is -2.39. The summed E-state index contributed by atoms with van der Waals surface area (Å²) in [5.74, 6) is -0.353. The van der Waals surface area contributed by atoms with E-state index in [9.17, 15) is 14.7 Å². The third kappa shape index (κ3) is 5.53. The topological polar surface area (TPSA) is 76.1 Å². The first kappa shape index (κ1) is 21.7. The lowest BCUT2D eigenvalue weighted by molar-refractivity contribution is -0.152. The number of carbonyl (C=O) groups excluding carboxylic acids is 1. The van der Waals surface area contributed by atoms with Crippen LogP contribution < -0.4 is 4.74 Å². The molecule has 0 bridgehead atoms. The molecule has 3 rings (SSSR count). The van der Waals surface area contributed by atoms with Crippen molar-refractivity contribution in [2.24, 2.45) is 0 Å². The fraction of sp³-hybridized carbons (Fsp3) is 0.417. The SMILES string of the molecule is Cc1ccc(COC(=O)N2CCCC(c3cccc(OC(C)(C)C(=O)O)c3)C2)cc1. The number of likely N-dealkylation sites (tertiary alicyclic amines) is 1. The van der Waals surface area contributed by atoms with Gasteiger partial charge < -0.3 is 19.5 Å². The molecule has 1 unspecified atom stereocenters. The molecule has 30 heavy (non-hydrogen) atoms. The fourth-order valence-electron chi connectivity index (χ4n) is 3.51. The van der Waals surface area contributed by atoms with Gasteiger partial charge in [-0.25, -0.2) is 9.59 Å². The molecule has 1 N–H and O–H groups in total. The van der Waals surface area contributed by atoms with Gasteiger partial charge in [0.05, 0.1) is 0 Å². The molecule has 1 heterocycles. The Bertz CT molecular complexity index is 891. The second-order valence-electron chi connectivity index (χ2n) is 8.32. The van der Waals surface area contributed by atoms with E-state index in [-0.39, 0.29) is 18.6 Å². The zero-order chi connectivity index (χ0) is 21.7. The van der Waals surface area contributed by atoms with Gasteiger partial charge in [0.15, 0.2) is 5.60 Å². The van der Waals surface area contributed by atoms with Gasteiger partial charge in [0.1, 0.15) is 12.4 Å². The van der Waals surface area contributed by atoms with Gasteiger partial charge in [0.25, 0.3) is 0 Å². The van der Waals surface area contributed by atoms with E-state index in [0.29, 0.717) is 18.8 Å². The predicted octanol–water partition coefficient (Wildman–Crippen LogP) is 4.75. The standard InChI is InChI=1S/C24H29NO5/c1-17-9-11-18(12-10-17)16-29-23(28)25-13-5-7-20(15-25)19-6-4-8-21(14-19)30-24(2,3)22(26)27/h4,6,8-12,14,20H,5,7,13,15-16H2,1-3H3,(H,26,27). The summed E-state index contributed by atoms with van der Waals surface area (Å²) in [5, 5.41) is 9.28. The first-order valence-corrected chi connectivity index (χ1v) is 10.2. The van der Waals surface area contributed by atoms with Gasteiger partial charge in [-0.15, -0.1) is 0 Å². The minimum absolute atomic E-state index is 0.155. The number of ether oxygens (including phenoxy) is 2. The van der Waals surface area contributed by atoms with Gasteiger partial charge in [-0.05, 0) is 56.9 Å². The molecule has 2 aromatic carbocycles. The van der Waals surface area contributed by atoms with Crippen LogP contribution in [-0.2, 0) is 16.1 Å². The number of aliphatic carboxylic acids is 1. The van der Waals surface area contributed by atoms with E-state index in [2.05, 4.69) is 0 Å². The number of carbonyl (C=O) groups is 2. The molecule has 160 valence electrons. The fourth-order valence-corrected chi connectivity index (χ4v) is 3.51.